The molecule has 22 nitrogen and oxygen atoms in total. The number of rotatable bonds is 9. The van der Waals surface area contributed by atoms with Gasteiger partial charge in [-0.15, -0.1) is 0 Å². The Bertz CT molecular complexity index is 2830. The maximum atomic E-state index is 12.0. The quantitative estimate of drug-likeness (QED) is 0.118. The van der Waals surface area contributed by atoms with Gasteiger partial charge in [-0.1, -0.05) is 38.5 Å². The van der Waals surface area contributed by atoms with E-state index in [2.05, 4.69) is 51.6 Å². The molecular formula is C49H63ClN14O8. The van der Waals surface area contributed by atoms with Crippen LogP contribution < -0.4 is 15.1 Å². The van der Waals surface area contributed by atoms with Crippen molar-refractivity contribution in [3.8, 4) is 11.1 Å². The van der Waals surface area contributed by atoms with E-state index in [9.17, 15) is 29.4 Å². The first-order chi connectivity index (χ1) is 34.6. The summed E-state index contributed by atoms with van der Waals surface area (Å²) in [7, 11) is 10.1. The minimum atomic E-state index is -1.10. The first-order valence-electron chi connectivity index (χ1n) is 24.1. The highest BCUT2D eigenvalue weighted by atomic mass is 35.5. The molecule has 384 valence electrons. The average molecular weight is 1010 g/mol. The van der Waals surface area contributed by atoms with E-state index in [0.29, 0.717) is 47.8 Å². The number of anilines is 2. The van der Waals surface area contributed by atoms with Gasteiger partial charge in [-0.05, 0) is 56.4 Å². The second-order valence-electron chi connectivity index (χ2n) is 18.7. The molecular weight excluding hydrogens is 948 g/mol. The van der Waals surface area contributed by atoms with E-state index in [1.165, 1.54) is 39.9 Å². The van der Waals surface area contributed by atoms with Crippen LogP contribution >= 0.6 is 11.6 Å². The van der Waals surface area contributed by atoms with Gasteiger partial charge in [0.15, 0.2) is 22.7 Å². The minimum absolute atomic E-state index is 0.000338. The summed E-state index contributed by atoms with van der Waals surface area (Å²) in [6.07, 6.45) is 17.9. The molecule has 1 amide bonds. The van der Waals surface area contributed by atoms with Crippen molar-refractivity contribution in [1.82, 2.24) is 59.7 Å². The van der Waals surface area contributed by atoms with Crippen LogP contribution in [0.15, 0.2) is 43.0 Å². The number of carbonyl (C=O) groups excluding carboxylic acids is 2. The molecule has 0 radical (unpaired) electrons. The Hall–Kier alpha value is -7.07. The zero-order valence-corrected chi connectivity index (χ0v) is 42.5. The molecule has 6 aromatic heterocycles. The topological polar surface area (TPSA) is 262 Å². The number of halogens is 1. The average Bonchev–Trinajstić information content (AvgIpc) is 3.92. The number of fused-ring (bicyclic) bond motifs is 2. The predicted molar refractivity (Wildman–Crippen MR) is 270 cm³/mol. The molecule has 0 unspecified atom stereocenters. The highest BCUT2D eigenvalue weighted by molar-refractivity contribution is 6.61. The van der Waals surface area contributed by atoms with Crippen LogP contribution in [0, 0.1) is 6.92 Å². The molecule has 10 rings (SSSR count). The van der Waals surface area contributed by atoms with E-state index in [0.717, 1.165) is 90.9 Å². The van der Waals surface area contributed by atoms with Crippen molar-refractivity contribution in [2.45, 2.75) is 95.1 Å². The van der Waals surface area contributed by atoms with Crippen LogP contribution in [-0.2, 0) is 9.47 Å². The lowest BCUT2D eigenvalue weighted by Crippen LogP contribution is -2.48. The van der Waals surface area contributed by atoms with Gasteiger partial charge in [0.1, 0.15) is 0 Å². The lowest BCUT2D eigenvalue weighted by Gasteiger charge is -2.37. The number of ether oxygens (including phenoxy) is 2. The number of carbonyl (C=O) groups is 4. The Morgan fingerprint density at radius 1 is 0.681 bits per heavy atom. The SMILES string of the molecule is COC(=O)Cl.COC(=O)N1CC(c2nn(C3CCCCC3)c3nc(C(=O)O)cc(-c4cnc(N(C)C)nc4)c23)C1.Cc1cnc(N(C)C)nc1.O=C(O)c1ccc2c(C3CNC3)nn(C3CCCCC3)c2n1. The Morgan fingerprint density at radius 2 is 1.18 bits per heavy atom. The third-order valence-electron chi connectivity index (χ3n) is 13.1. The number of pyridine rings is 2. The number of nitrogens with zero attached hydrogens (tertiary/aromatic N) is 13. The van der Waals surface area contributed by atoms with Crippen molar-refractivity contribution < 1.29 is 38.9 Å². The largest absolute Gasteiger partial charge is 0.477 e. The molecule has 0 bridgehead atoms. The zero-order chi connectivity index (χ0) is 51.6. The number of nitrogens with one attached hydrogen (secondary N) is 1. The number of carboxylic acids is 2. The van der Waals surface area contributed by atoms with Crippen LogP contribution in [0.5, 0.6) is 0 Å². The molecule has 2 aliphatic carbocycles. The number of amides is 1. The summed E-state index contributed by atoms with van der Waals surface area (Å²) in [6.45, 7) is 4.83. The highest BCUT2D eigenvalue weighted by Gasteiger charge is 2.38. The fourth-order valence-corrected chi connectivity index (χ4v) is 9.13. The molecule has 4 aliphatic rings. The number of hydrogen-bond acceptors (Lipinski definition) is 17. The minimum Gasteiger partial charge on any atom is -0.477 e. The van der Waals surface area contributed by atoms with E-state index in [4.69, 9.17) is 14.9 Å². The number of aromatic carboxylic acids is 2. The second kappa shape index (κ2) is 23.9. The lowest BCUT2D eigenvalue weighted by molar-refractivity contribution is 0.0680. The Labute approximate surface area is 422 Å². The van der Waals surface area contributed by atoms with Gasteiger partial charge >= 0.3 is 23.5 Å². The molecule has 4 fully saturated rings. The molecule has 2 saturated carbocycles. The zero-order valence-electron chi connectivity index (χ0n) is 41.8. The Morgan fingerprint density at radius 3 is 1.65 bits per heavy atom. The van der Waals surface area contributed by atoms with Crippen molar-refractivity contribution in [3.05, 3.63) is 71.3 Å². The van der Waals surface area contributed by atoms with E-state index < -0.39 is 17.4 Å². The first kappa shape index (κ1) is 52.7. The van der Waals surface area contributed by atoms with Crippen LogP contribution in [0.4, 0.5) is 21.5 Å². The van der Waals surface area contributed by atoms with E-state index in [-0.39, 0.29) is 29.4 Å². The number of aryl methyl sites for hydroxylation is 1. The highest BCUT2D eigenvalue weighted by Crippen LogP contribution is 2.41. The molecule has 0 spiro atoms. The van der Waals surface area contributed by atoms with Gasteiger partial charge < -0.3 is 39.7 Å². The summed E-state index contributed by atoms with van der Waals surface area (Å²) in [4.78, 5) is 75.9. The molecule has 3 N–H and O–H groups in total. The van der Waals surface area contributed by atoms with Crippen LogP contribution in [0.3, 0.4) is 0 Å². The number of methoxy groups -OCH3 is 2. The molecule has 2 aliphatic heterocycles. The summed E-state index contributed by atoms with van der Waals surface area (Å²) in [5, 5.41) is 34.0. The van der Waals surface area contributed by atoms with Crippen molar-refractivity contribution in [1.29, 1.82) is 0 Å². The van der Waals surface area contributed by atoms with Gasteiger partial charge in [-0.25, -0.2) is 58.4 Å². The summed E-state index contributed by atoms with van der Waals surface area (Å²) in [5.74, 6) is -0.346. The second-order valence-corrected chi connectivity index (χ2v) is 19.0. The monoisotopic (exact) mass is 1010 g/mol. The summed E-state index contributed by atoms with van der Waals surface area (Å²) in [6, 6.07) is 5.56. The Balaban J connectivity index is 0.000000173. The van der Waals surface area contributed by atoms with Gasteiger partial charge in [0, 0.05) is 119 Å². The van der Waals surface area contributed by atoms with E-state index in [1.54, 1.807) is 34.3 Å². The molecule has 23 heteroatoms. The van der Waals surface area contributed by atoms with Crippen LogP contribution in [0.2, 0.25) is 0 Å². The van der Waals surface area contributed by atoms with Gasteiger partial charge in [-0.3, -0.25) is 0 Å². The maximum absolute atomic E-state index is 12.0. The summed E-state index contributed by atoms with van der Waals surface area (Å²) in [5.41, 5.74) is 4.95. The molecule has 72 heavy (non-hydrogen) atoms. The third kappa shape index (κ3) is 12.3. The third-order valence-corrected chi connectivity index (χ3v) is 13.3. The molecule has 0 atom stereocenters. The van der Waals surface area contributed by atoms with Gasteiger partial charge in [0.25, 0.3) is 0 Å². The molecule has 2 saturated heterocycles. The first-order valence-corrected chi connectivity index (χ1v) is 24.5. The van der Waals surface area contributed by atoms with Crippen LogP contribution in [0.1, 0.15) is 126 Å². The van der Waals surface area contributed by atoms with E-state index >= 15 is 0 Å². The lowest BCUT2D eigenvalue weighted by atomic mass is 9.92. The van der Waals surface area contributed by atoms with E-state index in [1.807, 2.05) is 67.8 Å². The van der Waals surface area contributed by atoms with Crippen molar-refractivity contribution in [2.75, 3.05) is 78.4 Å². The van der Waals surface area contributed by atoms with Crippen molar-refractivity contribution in [2.24, 2.45) is 0 Å². The molecule has 0 aromatic carbocycles. The van der Waals surface area contributed by atoms with Crippen molar-refractivity contribution >= 4 is 69.0 Å². The number of carboxylic acid groups (broad SMARTS) is 2. The number of likely N-dealkylation sites (tertiary alicyclic amines) is 1. The summed E-state index contributed by atoms with van der Waals surface area (Å²) >= 11 is 4.60. The number of hydrogen-bond donors (Lipinski definition) is 3. The maximum Gasteiger partial charge on any atom is 0.409 e. The molecule has 8 heterocycles. The van der Waals surface area contributed by atoms with Crippen LogP contribution in [-0.4, -0.2) is 157 Å². The number of aromatic nitrogens is 10. The normalized spacial score (nSPS) is 16.1. The fraction of sp³-hybridized carbons (Fsp3) is 0.510. The van der Waals surface area contributed by atoms with Gasteiger partial charge in [-0.2, -0.15) is 10.2 Å². The standard InChI is InChI=1S/C24H29N7O4.C16H20N4O2.C7H11N3.C2H3ClO2/c1-29(2)23-25-10-14(11-26-23)17-9-18(22(32)33)27-21-19(17)20(15-12-30(13-15)24(34)35-3)28-31(21)16-7-5-4-6-8-16;21-16(22)13-7-6-12-14(10-8-17-9-10)19-20(15(12)18-13)11-4-2-1-3-5-11;1-6-4-8-7(9-5-6)10(2)3;1-5-2(3)4/h9-11,15-16H,4-8,12-13H2,1-3H3,(H,32,33);6-7,10-11,17H,1-5,8-9H2,(H,21,22);4-5H,1-3H3;1H3. The summed E-state index contributed by atoms with van der Waals surface area (Å²) < 4.78 is 12.7. The van der Waals surface area contributed by atoms with Gasteiger partial charge in [0.2, 0.25) is 11.9 Å². The van der Waals surface area contributed by atoms with Crippen LogP contribution in [0.25, 0.3) is 33.2 Å². The fourth-order valence-electron chi connectivity index (χ4n) is 9.13. The van der Waals surface area contributed by atoms with Crippen molar-refractivity contribution in [3.63, 3.8) is 0 Å². The van der Waals surface area contributed by atoms with Gasteiger partial charge in [0.05, 0.1) is 43.1 Å². The predicted octanol–water partition coefficient (Wildman–Crippen LogP) is 7.49. The Kier molecular flexibility index (Phi) is 17.5. The molecule has 6 aromatic rings. The smallest absolute Gasteiger partial charge is 0.409 e.